The van der Waals surface area contributed by atoms with Crippen molar-refractivity contribution in [3.8, 4) is 0 Å². The van der Waals surface area contributed by atoms with Gasteiger partial charge in [-0.3, -0.25) is 9.59 Å². The highest BCUT2D eigenvalue weighted by atomic mass is 35.5. The zero-order valence-electron chi connectivity index (χ0n) is 12.2. The third kappa shape index (κ3) is 5.04. The fraction of sp³-hybridized carbons (Fsp3) is 0.0625. The predicted molar refractivity (Wildman–Crippen MR) is 90.9 cm³/mol. The summed E-state index contributed by atoms with van der Waals surface area (Å²) in [5.74, 6) is -1.66. The number of carbonyl (C=O) groups is 2. The zero-order valence-corrected chi connectivity index (χ0v) is 13.7. The van der Waals surface area contributed by atoms with E-state index >= 15 is 0 Å². The lowest BCUT2D eigenvalue weighted by molar-refractivity contribution is -0.120. The summed E-state index contributed by atoms with van der Waals surface area (Å²) in [7, 11) is 0. The molecule has 0 spiro atoms. The largest absolute Gasteiger partial charge is 0.343 e. The van der Waals surface area contributed by atoms with Crippen LogP contribution in [0.1, 0.15) is 15.9 Å². The molecule has 124 valence electrons. The second kappa shape index (κ2) is 8.42. The van der Waals surface area contributed by atoms with Gasteiger partial charge in [0.05, 0.1) is 22.8 Å². The fourth-order valence-electron chi connectivity index (χ4n) is 1.73. The number of amides is 2. The van der Waals surface area contributed by atoms with Crippen molar-refractivity contribution in [2.24, 2.45) is 5.10 Å². The minimum atomic E-state index is -0.567. The Bertz CT molecular complexity index is 776. The van der Waals surface area contributed by atoms with E-state index in [2.05, 4.69) is 15.8 Å². The minimum absolute atomic E-state index is 0.120. The molecule has 0 heterocycles. The molecule has 2 aromatic carbocycles. The number of hydrogen-bond acceptors (Lipinski definition) is 3. The fourth-order valence-corrected chi connectivity index (χ4v) is 2.23. The number of nitrogens with zero attached hydrogens (tertiary/aromatic N) is 1. The molecule has 0 aliphatic heterocycles. The van der Waals surface area contributed by atoms with Gasteiger partial charge in [-0.1, -0.05) is 35.3 Å². The molecule has 0 unspecified atom stereocenters. The van der Waals surface area contributed by atoms with E-state index in [9.17, 15) is 14.0 Å². The monoisotopic (exact) mass is 367 g/mol. The van der Waals surface area contributed by atoms with Gasteiger partial charge in [0.25, 0.3) is 11.8 Å². The third-order valence-corrected chi connectivity index (χ3v) is 3.54. The van der Waals surface area contributed by atoms with Crippen LogP contribution in [0.4, 0.5) is 4.39 Å². The first-order chi connectivity index (χ1) is 11.5. The van der Waals surface area contributed by atoms with Gasteiger partial charge in [-0.25, -0.2) is 9.82 Å². The summed E-state index contributed by atoms with van der Waals surface area (Å²) in [5.41, 5.74) is 2.81. The molecule has 5 nitrogen and oxygen atoms in total. The number of nitrogens with one attached hydrogen (secondary N) is 2. The van der Waals surface area contributed by atoms with Crippen LogP contribution in [0.5, 0.6) is 0 Å². The highest BCUT2D eigenvalue weighted by Gasteiger charge is 2.08. The Morgan fingerprint density at radius 3 is 2.46 bits per heavy atom. The van der Waals surface area contributed by atoms with E-state index in [1.165, 1.54) is 24.4 Å². The molecule has 2 amide bonds. The number of hydrogen-bond donors (Lipinski definition) is 2. The molecule has 2 N–H and O–H groups in total. The van der Waals surface area contributed by atoms with Crippen molar-refractivity contribution in [1.82, 2.24) is 10.7 Å². The van der Waals surface area contributed by atoms with Crippen LogP contribution < -0.4 is 10.7 Å². The number of rotatable bonds is 5. The van der Waals surface area contributed by atoms with E-state index in [4.69, 9.17) is 23.2 Å². The normalized spacial score (nSPS) is 10.6. The molecule has 0 atom stereocenters. The van der Waals surface area contributed by atoms with E-state index in [1.807, 2.05) is 0 Å². The molecule has 0 saturated carbocycles. The summed E-state index contributed by atoms with van der Waals surface area (Å²) in [6.07, 6.45) is 1.30. The molecule has 0 aliphatic rings. The van der Waals surface area contributed by atoms with Crippen LogP contribution >= 0.6 is 23.2 Å². The average Bonchev–Trinajstić information content (AvgIpc) is 2.55. The van der Waals surface area contributed by atoms with E-state index in [0.29, 0.717) is 15.6 Å². The number of halogens is 3. The van der Waals surface area contributed by atoms with Gasteiger partial charge >= 0.3 is 0 Å². The Hall–Kier alpha value is -2.44. The van der Waals surface area contributed by atoms with Gasteiger partial charge in [0.2, 0.25) is 0 Å². The van der Waals surface area contributed by atoms with E-state index in [0.717, 1.165) is 6.07 Å². The van der Waals surface area contributed by atoms with Gasteiger partial charge < -0.3 is 5.32 Å². The molecule has 24 heavy (non-hydrogen) atoms. The van der Waals surface area contributed by atoms with E-state index < -0.39 is 17.6 Å². The van der Waals surface area contributed by atoms with Crippen molar-refractivity contribution in [2.75, 3.05) is 6.54 Å². The highest BCUT2D eigenvalue weighted by molar-refractivity contribution is 6.38. The van der Waals surface area contributed by atoms with Crippen molar-refractivity contribution in [3.63, 3.8) is 0 Å². The summed E-state index contributed by atoms with van der Waals surface area (Å²) in [6.45, 7) is -0.317. The summed E-state index contributed by atoms with van der Waals surface area (Å²) in [5, 5.41) is 6.85. The number of hydrazone groups is 1. The van der Waals surface area contributed by atoms with Crippen molar-refractivity contribution in [1.29, 1.82) is 0 Å². The van der Waals surface area contributed by atoms with Crippen LogP contribution in [0, 0.1) is 5.82 Å². The maximum Gasteiger partial charge on any atom is 0.259 e. The molecular weight excluding hydrogens is 356 g/mol. The lowest BCUT2D eigenvalue weighted by atomic mass is 10.2. The van der Waals surface area contributed by atoms with Crippen molar-refractivity contribution >= 4 is 41.2 Å². The van der Waals surface area contributed by atoms with Crippen LogP contribution in [0.15, 0.2) is 47.6 Å². The summed E-state index contributed by atoms with van der Waals surface area (Å²) < 4.78 is 13.0. The van der Waals surface area contributed by atoms with Gasteiger partial charge in [-0.05, 0) is 30.3 Å². The molecule has 0 bridgehead atoms. The maximum absolute atomic E-state index is 13.0. The molecule has 0 saturated heterocycles. The standard InChI is InChI=1S/C16H12Cl2FN3O2/c17-13-5-2-6-14(18)12(13)8-21-22-15(23)9-20-16(24)10-3-1-4-11(19)7-10/h1-8H,9H2,(H,20,24)(H,22,23)/b21-8-. The van der Waals surface area contributed by atoms with Gasteiger partial charge in [0.1, 0.15) is 5.82 Å². The Morgan fingerprint density at radius 2 is 1.79 bits per heavy atom. The smallest absolute Gasteiger partial charge is 0.259 e. The van der Waals surface area contributed by atoms with Crippen LogP contribution in [-0.4, -0.2) is 24.6 Å². The first-order valence-corrected chi connectivity index (χ1v) is 7.52. The first kappa shape index (κ1) is 17.9. The number of benzene rings is 2. The van der Waals surface area contributed by atoms with Crippen molar-refractivity contribution in [2.45, 2.75) is 0 Å². The Labute approximate surface area is 147 Å². The average molecular weight is 368 g/mol. The Morgan fingerprint density at radius 1 is 1.12 bits per heavy atom. The summed E-state index contributed by atoms with van der Waals surface area (Å²) in [6, 6.07) is 10.1. The lowest BCUT2D eigenvalue weighted by Gasteiger charge is -2.04. The molecule has 0 aromatic heterocycles. The van der Waals surface area contributed by atoms with Crippen LogP contribution in [0.2, 0.25) is 10.0 Å². The Balaban J connectivity index is 1.85. The highest BCUT2D eigenvalue weighted by Crippen LogP contribution is 2.21. The van der Waals surface area contributed by atoms with Crippen molar-refractivity contribution < 1.29 is 14.0 Å². The van der Waals surface area contributed by atoms with Gasteiger partial charge in [0, 0.05) is 11.1 Å². The second-order valence-corrected chi connectivity index (χ2v) is 5.44. The molecule has 0 radical (unpaired) electrons. The maximum atomic E-state index is 13.0. The molecule has 8 heteroatoms. The van der Waals surface area contributed by atoms with Crippen LogP contribution in [-0.2, 0) is 4.79 Å². The SMILES string of the molecule is O=C(CNC(=O)c1cccc(F)c1)N/N=C\c1c(Cl)cccc1Cl. The van der Waals surface area contributed by atoms with E-state index in [1.54, 1.807) is 18.2 Å². The second-order valence-electron chi connectivity index (χ2n) is 4.62. The molecule has 2 aromatic rings. The predicted octanol–water partition coefficient (Wildman–Crippen LogP) is 3.01. The first-order valence-electron chi connectivity index (χ1n) is 6.77. The molecule has 2 rings (SSSR count). The van der Waals surface area contributed by atoms with Gasteiger partial charge in [0.15, 0.2) is 0 Å². The van der Waals surface area contributed by atoms with Crippen LogP contribution in [0.3, 0.4) is 0 Å². The van der Waals surface area contributed by atoms with Crippen LogP contribution in [0.25, 0.3) is 0 Å². The topological polar surface area (TPSA) is 70.6 Å². The molecule has 0 aliphatic carbocycles. The minimum Gasteiger partial charge on any atom is -0.343 e. The van der Waals surface area contributed by atoms with E-state index in [-0.39, 0.29) is 12.1 Å². The lowest BCUT2D eigenvalue weighted by Crippen LogP contribution is -2.34. The molecule has 0 fully saturated rings. The van der Waals surface area contributed by atoms with Crippen molar-refractivity contribution in [3.05, 3.63) is 69.5 Å². The number of carbonyl (C=O) groups excluding carboxylic acids is 2. The Kier molecular flexibility index (Phi) is 6.28. The van der Waals surface area contributed by atoms with Gasteiger partial charge in [-0.2, -0.15) is 5.10 Å². The molecular formula is C16H12Cl2FN3O2. The summed E-state index contributed by atoms with van der Waals surface area (Å²) >= 11 is 11.9. The van der Waals surface area contributed by atoms with Gasteiger partial charge in [-0.15, -0.1) is 0 Å². The quantitative estimate of drug-likeness (QED) is 0.629. The zero-order chi connectivity index (χ0) is 17.5. The third-order valence-electron chi connectivity index (χ3n) is 2.88. The summed E-state index contributed by atoms with van der Waals surface area (Å²) in [4.78, 5) is 23.4.